The number of hydrogen-bond donors (Lipinski definition) is 2. The van der Waals surface area contributed by atoms with Crippen molar-refractivity contribution in [2.24, 2.45) is 0 Å². The van der Waals surface area contributed by atoms with Crippen LogP contribution < -0.4 is 10.6 Å². The number of hydrogen-bond acceptors (Lipinski definition) is 6. The minimum atomic E-state index is -0.449. The quantitative estimate of drug-likeness (QED) is 0.594. The Hall–Kier alpha value is -3.07. The molecule has 3 aromatic rings. The highest BCUT2D eigenvalue weighted by atomic mass is 32.2. The van der Waals surface area contributed by atoms with Gasteiger partial charge in [0, 0.05) is 6.04 Å². The Bertz CT molecular complexity index is 951. The van der Waals surface area contributed by atoms with Gasteiger partial charge in [0.15, 0.2) is 10.9 Å². The summed E-state index contributed by atoms with van der Waals surface area (Å²) in [5, 5.41) is 14.1. The van der Waals surface area contributed by atoms with Gasteiger partial charge in [0.05, 0.1) is 18.6 Å². The summed E-state index contributed by atoms with van der Waals surface area (Å²) >= 11 is 1.22. The van der Waals surface area contributed by atoms with Gasteiger partial charge in [-0.2, -0.15) is 0 Å². The van der Waals surface area contributed by atoms with Crippen LogP contribution in [0.3, 0.4) is 0 Å². The number of thioether (sulfide) groups is 1. The van der Waals surface area contributed by atoms with Gasteiger partial charge >= 0.3 is 6.03 Å². The van der Waals surface area contributed by atoms with E-state index in [9.17, 15) is 9.59 Å². The van der Waals surface area contributed by atoms with Crippen LogP contribution in [0.2, 0.25) is 0 Å². The average Bonchev–Trinajstić information content (AvgIpc) is 3.17. The number of imide groups is 1. The van der Waals surface area contributed by atoms with E-state index in [1.54, 1.807) is 12.3 Å². The van der Waals surface area contributed by atoms with Crippen LogP contribution in [0.25, 0.3) is 11.6 Å². The first-order chi connectivity index (χ1) is 13.7. The van der Waals surface area contributed by atoms with Gasteiger partial charge in [-0.05, 0) is 30.5 Å². The monoisotopic (exact) mass is 397 g/mol. The van der Waals surface area contributed by atoms with Gasteiger partial charge in [0.2, 0.25) is 11.7 Å². The van der Waals surface area contributed by atoms with Gasteiger partial charge in [-0.1, -0.05) is 42.1 Å². The van der Waals surface area contributed by atoms with Crippen LogP contribution in [0.1, 0.15) is 18.4 Å². The highest BCUT2D eigenvalue weighted by Crippen LogP contribution is 2.25. The van der Waals surface area contributed by atoms with E-state index in [0.717, 1.165) is 18.4 Å². The number of carbonyl (C=O) groups is 2. The third kappa shape index (κ3) is 4.61. The SMILES string of the molecule is O=C(CSc1nnc(-c2ccco2)n1Cc1ccccc1)NC(=O)NC1CC1. The molecule has 0 radical (unpaired) electrons. The molecule has 0 spiro atoms. The van der Waals surface area contributed by atoms with Crippen molar-refractivity contribution in [1.82, 2.24) is 25.4 Å². The second kappa shape index (κ2) is 8.30. The lowest BCUT2D eigenvalue weighted by Crippen LogP contribution is -2.41. The number of nitrogens with zero attached hydrogens (tertiary/aromatic N) is 3. The number of rotatable bonds is 7. The molecule has 2 aromatic heterocycles. The molecule has 9 heteroatoms. The first-order valence-corrected chi connectivity index (χ1v) is 9.92. The zero-order valence-corrected chi connectivity index (χ0v) is 15.8. The number of benzene rings is 1. The van der Waals surface area contributed by atoms with E-state index in [1.165, 1.54) is 11.8 Å². The minimum absolute atomic E-state index is 0.0587. The summed E-state index contributed by atoms with van der Waals surface area (Å²) in [5.41, 5.74) is 1.07. The van der Waals surface area contributed by atoms with Gasteiger partial charge in [0.1, 0.15) is 0 Å². The van der Waals surface area contributed by atoms with Crippen LogP contribution in [0.5, 0.6) is 0 Å². The number of nitrogens with one attached hydrogen (secondary N) is 2. The van der Waals surface area contributed by atoms with Gasteiger partial charge in [-0.15, -0.1) is 10.2 Å². The standard InChI is InChI=1S/C19H19N5O3S/c25-16(21-18(26)20-14-8-9-14)12-28-19-23-22-17(15-7-4-10-27-15)24(19)11-13-5-2-1-3-6-13/h1-7,10,14H,8-9,11-12H2,(H2,20,21,25,26). The molecule has 3 amide bonds. The summed E-state index contributed by atoms with van der Waals surface area (Å²) in [6.45, 7) is 0.538. The Labute approximate surface area is 165 Å². The molecule has 2 N–H and O–H groups in total. The van der Waals surface area contributed by atoms with E-state index in [-0.39, 0.29) is 17.7 Å². The summed E-state index contributed by atoms with van der Waals surface area (Å²) < 4.78 is 7.37. The fourth-order valence-corrected chi connectivity index (χ4v) is 3.37. The van der Waals surface area contributed by atoms with E-state index in [4.69, 9.17) is 4.42 Å². The number of furan rings is 1. The van der Waals surface area contributed by atoms with E-state index < -0.39 is 6.03 Å². The molecule has 4 rings (SSSR count). The fraction of sp³-hybridized carbons (Fsp3) is 0.263. The summed E-state index contributed by atoms with van der Waals surface area (Å²) in [6.07, 6.45) is 3.51. The second-order valence-electron chi connectivity index (χ2n) is 6.44. The molecule has 1 saturated carbocycles. The normalized spacial score (nSPS) is 13.3. The van der Waals surface area contributed by atoms with Crippen molar-refractivity contribution in [3.05, 3.63) is 54.3 Å². The maximum absolute atomic E-state index is 12.1. The summed E-state index contributed by atoms with van der Waals surface area (Å²) in [6, 6.07) is 13.3. The van der Waals surface area contributed by atoms with E-state index in [1.807, 2.05) is 41.0 Å². The second-order valence-corrected chi connectivity index (χ2v) is 7.38. The van der Waals surface area contributed by atoms with Crippen molar-refractivity contribution in [1.29, 1.82) is 0 Å². The summed E-state index contributed by atoms with van der Waals surface area (Å²) in [7, 11) is 0. The molecule has 28 heavy (non-hydrogen) atoms. The lowest BCUT2D eigenvalue weighted by molar-refractivity contribution is -0.117. The number of amides is 3. The van der Waals surface area contributed by atoms with Gasteiger partial charge < -0.3 is 9.73 Å². The Morgan fingerprint density at radius 1 is 1.14 bits per heavy atom. The van der Waals surface area contributed by atoms with Crippen molar-refractivity contribution >= 4 is 23.7 Å². The zero-order chi connectivity index (χ0) is 19.3. The fourth-order valence-electron chi connectivity index (χ4n) is 2.63. The van der Waals surface area contributed by atoms with Crippen LogP contribution in [-0.4, -0.2) is 38.5 Å². The molecule has 0 unspecified atom stereocenters. The van der Waals surface area contributed by atoms with Crippen molar-refractivity contribution in [3.63, 3.8) is 0 Å². The maximum atomic E-state index is 12.1. The van der Waals surface area contributed by atoms with Crippen LogP contribution >= 0.6 is 11.8 Å². The predicted octanol–water partition coefficient (Wildman–Crippen LogP) is 2.67. The Kier molecular flexibility index (Phi) is 5.43. The number of aromatic nitrogens is 3. The van der Waals surface area contributed by atoms with Gasteiger partial charge in [-0.25, -0.2) is 4.79 Å². The Morgan fingerprint density at radius 3 is 2.68 bits per heavy atom. The highest BCUT2D eigenvalue weighted by molar-refractivity contribution is 7.99. The number of carbonyl (C=O) groups excluding carboxylic acids is 2. The van der Waals surface area contributed by atoms with Crippen LogP contribution in [0.4, 0.5) is 4.79 Å². The third-order valence-electron chi connectivity index (χ3n) is 4.14. The first-order valence-electron chi connectivity index (χ1n) is 8.93. The molecule has 144 valence electrons. The molecular weight excluding hydrogens is 378 g/mol. The van der Waals surface area contributed by atoms with Gasteiger partial charge in [-0.3, -0.25) is 14.7 Å². The molecule has 0 saturated heterocycles. The maximum Gasteiger partial charge on any atom is 0.321 e. The van der Waals surface area contributed by atoms with Crippen LogP contribution in [0.15, 0.2) is 58.3 Å². The lowest BCUT2D eigenvalue weighted by Gasteiger charge is -2.09. The van der Waals surface area contributed by atoms with Crippen LogP contribution in [-0.2, 0) is 11.3 Å². The van der Waals surface area contributed by atoms with Gasteiger partial charge in [0.25, 0.3) is 0 Å². The number of urea groups is 1. The molecule has 1 aliphatic carbocycles. The molecule has 1 aliphatic rings. The summed E-state index contributed by atoms with van der Waals surface area (Å²) in [5.74, 6) is 0.868. The smallest absolute Gasteiger partial charge is 0.321 e. The molecule has 1 fully saturated rings. The van der Waals surface area contributed by atoms with E-state index in [0.29, 0.717) is 23.3 Å². The molecule has 0 bridgehead atoms. The third-order valence-corrected chi connectivity index (χ3v) is 5.11. The molecule has 1 aromatic carbocycles. The molecule has 8 nitrogen and oxygen atoms in total. The molecule has 2 heterocycles. The van der Waals surface area contributed by atoms with Crippen molar-refractivity contribution < 1.29 is 14.0 Å². The van der Waals surface area contributed by atoms with Crippen LogP contribution in [0, 0.1) is 0 Å². The molecule has 0 atom stereocenters. The van der Waals surface area contributed by atoms with Crippen molar-refractivity contribution in [2.45, 2.75) is 30.6 Å². The molecule has 0 aliphatic heterocycles. The molecular formula is C19H19N5O3S. The van der Waals surface area contributed by atoms with Crippen molar-refractivity contribution in [3.8, 4) is 11.6 Å². The predicted molar refractivity (Wildman–Crippen MR) is 104 cm³/mol. The highest BCUT2D eigenvalue weighted by Gasteiger charge is 2.24. The topological polar surface area (TPSA) is 102 Å². The zero-order valence-electron chi connectivity index (χ0n) is 15.0. The Morgan fingerprint density at radius 2 is 1.96 bits per heavy atom. The minimum Gasteiger partial charge on any atom is -0.461 e. The Balaban J connectivity index is 1.46. The lowest BCUT2D eigenvalue weighted by atomic mass is 10.2. The average molecular weight is 397 g/mol. The van der Waals surface area contributed by atoms with E-state index >= 15 is 0 Å². The first kappa shape index (κ1) is 18.3. The van der Waals surface area contributed by atoms with E-state index in [2.05, 4.69) is 20.8 Å². The largest absolute Gasteiger partial charge is 0.461 e. The summed E-state index contributed by atoms with van der Waals surface area (Å²) in [4.78, 5) is 23.8. The van der Waals surface area contributed by atoms with Crippen molar-refractivity contribution in [2.75, 3.05) is 5.75 Å².